The second-order valence-electron chi connectivity index (χ2n) is 6.29. The van der Waals surface area contributed by atoms with E-state index >= 15 is 0 Å². The van der Waals surface area contributed by atoms with Gasteiger partial charge in [-0.2, -0.15) is 9.97 Å². The molecule has 2 heterocycles. The molecule has 10 heteroatoms. The SMILES string of the molecule is [B]c1cnc(Nc2nc(CC)nc(Sc3ccc(NC(=O)C4CC4)cc3)n2)s1. The van der Waals surface area contributed by atoms with E-state index in [1.807, 2.05) is 31.2 Å². The number of nitrogens with zero attached hydrogens (tertiary/aromatic N) is 4. The monoisotopic (exact) mass is 408 g/mol. The summed E-state index contributed by atoms with van der Waals surface area (Å²) in [4.78, 5) is 30.3. The van der Waals surface area contributed by atoms with Crippen molar-refractivity contribution in [3.8, 4) is 0 Å². The second-order valence-corrected chi connectivity index (χ2v) is 8.40. The van der Waals surface area contributed by atoms with Crippen molar-refractivity contribution >= 4 is 58.4 Å². The molecule has 2 aromatic heterocycles. The van der Waals surface area contributed by atoms with Gasteiger partial charge in [-0.25, -0.2) is 9.97 Å². The van der Waals surface area contributed by atoms with Crippen LogP contribution in [-0.2, 0) is 11.2 Å². The molecule has 4 rings (SSSR count). The predicted molar refractivity (Wildman–Crippen MR) is 112 cm³/mol. The first-order valence-electron chi connectivity index (χ1n) is 8.91. The van der Waals surface area contributed by atoms with Gasteiger partial charge in [0.1, 0.15) is 13.7 Å². The molecular formula is C18H17BN6OS2. The van der Waals surface area contributed by atoms with E-state index in [4.69, 9.17) is 7.85 Å². The minimum Gasteiger partial charge on any atom is -0.326 e. The van der Waals surface area contributed by atoms with E-state index in [1.54, 1.807) is 6.20 Å². The lowest BCUT2D eigenvalue weighted by Gasteiger charge is -2.07. The lowest BCUT2D eigenvalue weighted by atomic mass is 10.1. The number of hydrogen-bond acceptors (Lipinski definition) is 8. The van der Waals surface area contributed by atoms with Crippen molar-refractivity contribution in [2.75, 3.05) is 10.6 Å². The summed E-state index contributed by atoms with van der Waals surface area (Å²) in [7, 11) is 5.72. The molecule has 3 aromatic rings. The van der Waals surface area contributed by atoms with Crippen LogP contribution in [0.4, 0.5) is 16.8 Å². The Bertz CT molecular complexity index is 990. The molecule has 0 unspecified atom stereocenters. The highest BCUT2D eigenvalue weighted by atomic mass is 32.2. The van der Waals surface area contributed by atoms with Gasteiger partial charge in [-0.05, 0) is 53.6 Å². The minimum atomic E-state index is 0.101. The molecule has 28 heavy (non-hydrogen) atoms. The Morgan fingerprint density at radius 1 is 1.25 bits per heavy atom. The average molecular weight is 408 g/mol. The number of rotatable bonds is 7. The fraction of sp³-hybridized carbons (Fsp3) is 0.278. The summed E-state index contributed by atoms with van der Waals surface area (Å²) >= 11 is 2.77. The summed E-state index contributed by atoms with van der Waals surface area (Å²) in [6.07, 6.45) is 4.26. The lowest BCUT2D eigenvalue weighted by molar-refractivity contribution is -0.117. The number of amides is 1. The third-order valence-corrected chi connectivity index (χ3v) is 5.61. The third kappa shape index (κ3) is 4.88. The van der Waals surface area contributed by atoms with Crippen LogP contribution in [0, 0.1) is 5.92 Å². The van der Waals surface area contributed by atoms with Crippen LogP contribution in [-0.4, -0.2) is 33.7 Å². The largest absolute Gasteiger partial charge is 0.326 e. The van der Waals surface area contributed by atoms with Crippen LogP contribution < -0.4 is 15.4 Å². The highest BCUT2D eigenvalue weighted by molar-refractivity contribution is 7.99. The van der Waals surface area contributed by atoms with E-state index in [2.05, 4.69) is 30.6 Å². The summed E-state index contributed by atoms with van der Waals surface area (Å²) < 4.78 is 0.621. The standard InChI is InChI=1S/C18H17BN6OS2/c1-2-14-22-16(24-17-20-9-13(19)28-17)25-18(23-14)27-12-7-5-11(6-8-12)21-15(26)10-3-4-10/h5-10H,2-4H2,1H3,(H,21,26)(H,20,22,23,24,25). The van der Waals surface area contributed by atoms with E-state index in [0.29, 0.717) is 33.3 Å². The van der Waals surface area contributed by atoms with Crippen LogP contribution >= 0.6 is 23.1 Å². The Labute approximate surface area is 172 Å². The fourth-order valence-electron chi connectivity index (χ4n) is 2.40. The van der Waals surface area contributed by atoms with Crippen molar-refractivity contribution in [2.24, 2.45) is 5.92 Å². The molecule has 2 radical (unpaired) electrons. The number of carbonyl (C=O) groups excluding carboxylic acids is 1. The van der Waals surface area contributed by atoms with Gasteiger partial charge in [0, 0.05) is 29.1 Å². The summed E-state index contributed by atoms with van der Waals surface area (Å²) in [6, 6.07) is 7.67. The van der Waals surface area contributed by atoms with E-state index in [-0.39, 0.29) is 11.8 Å². The van der Waals surface area contributed by atoms with Gasteiger partial charge in [0.2, 0.25) is 11.9 Å². The summed E-state index contributed by atoms with van der Waals surface area (Å²) in [5.74, 6) is 1.42. The van der Waals surface area contributed by atoms with Crippen molar-refractivity contribution in [1.82, 2.24) is 19.9 Å². The Morgan fingerprint density at radius 3 is 2.68 bits per heavy atom. The molecule has 7 nitrogen and oxygen atoms in total. The molecule has 1 saturated carbocycles. The van der Waals surface area contributed by atoms with Gasteiger partial charge in [-0.1, -0.05) is 6.92 Å². The number of aryl methyl sites for hydroxylation is 1. The smallest absolute Gasteiger partial charge is 0.233 e. The van der Waals surface area contributed by atoms with E-state index in [1.165, 1.54) is 23.1 Å². The van der Waals surface area contributed by atoms with Gasteiger partial charge >= 0.3 is 0 Å². The molecule has 0 aliphatic heterocycles. The molecule has 0 saturated heterocycles. The molecular weight excluding hydrogens is 391 g/mol. The Balaban J connectivity index is 1.47. The number of anilines is 3. The summed E-state index contributed by atoms with van der Waals surface area (Å²) in [6.45, 7) is 1.99. The third-order valence-electron chi connectivity index (χ3n) is 4.00. The van der Waals surface area contributed by atoms with Crippen LogP contribution in [0.5, 0.6) is 0 Å². The molecule has 1 aromatic carbocycles. The number of hydrogen-bond donors (Lipinski definition) is 2. The maximum Gasteiger partial charge on any atom is 0.233 e. The molecule has 1 aliphatic carbocycles. The van der Waals surface area contributed by atoms with Gasteiger partial charge in [0.25, 0.3) is 0 Å². The fourth-order valence-corrected chi connectivity index (χ4v) is 3.74. The van der Waals surface area contributed by atoms with Gasteiger partial charge in [-0.15, -0.1) is 11.3 Å². The second kappa shape index (κ2) is 8.28. The van der Waals surface area contributed by atoms with Crippen LogP contribution in [0.1, 0.15) is 25.6 Å². The summed E-state index contributed by atoms with van der Waals surface area (Å²) in [5.41, 5.74) is 0.801. The van der Waals surface area contributed by atoms with Gasteiger partial charge < -0.3 is 5.32 Å². The predicted octanol–water partition coefficient (Wildman–Crippen LogP) is 2.93. The Morgan fingerprint density at radius 2 is 2.04 bits per heavy atom. The molecule has 140 valence electrons. The molecule has 1 amide bonds. The number of benzene rings is 1. The zero-order valence-corrected chi connectivity index (χ0v) is 16.8. The van der Waals surface area contributed by atoms with Crippen molar-refractivity contribution < 1.29 is 4.79 Å². The average Bonchev–Trinajstić information content (AvgIpc) is 3.46. The first kappa shape index (κ1) is 18.9. The van der Waals surface area contributed by atoms with E-state index in [9.17, 15) is 4.79 Å². The first-order valence-corrected chi connectivity index (χ1v) is 10.5. The van der Waals surface area contributed by atoms with Gasteiger partial charge in [-0.3, -0.25) is 10.1 Å². The molecule has 0 bridgehead atoms. The molecule has 1 fully saturated rings. The van der Waals surface area contributed by atoms with Crippen LogP contribution in [0.2, 0.25) is 0 Å². The molecule has 1 aliphatic rings. The van der Waals surface area contributed by atoms with Crippen molar-refractivity contribution in [3.05, 3.63) is 36.3 Å². The van der Waals surface area contributed by atoms with E-state index < -0.39 is 0 Å². The van der Waals surface area contributed by atoms with Crippen LogP contribution in [0.25, 0.3) is 0 Å². The van der Waals surface area contributed by atoms with Crippen molar-refractivity contribution in [2.45, 2.75) is 36.2 Å². The van der Waals surface area contributed by atoms with E-state index in [0.717, 1.165) is 23.4 Å². The molecule has 2 N–H and O–H groups in total. The summed E-state index contributed by atoms with van der Waals surface area (Å²) in [5, 5.41) is 7.24. The van der Waals surface area contributed by atoms with Crippen molar-refractivity contribution in [1.29, 1.82) is 0 Å². The maximum absolute atomic E-state index is 11.8. The number of thiazole rings is 1. The Hall–Kier alpha value is -2.46. The highest BCUT2D eigenvalue weighted by Gasteiger charge is 2.29. The van der Waals surface area contributed by atoms with Crippen LogP contribution in [0.15, 0.2) is 40.5 Å². The quantitative estimate of drug-likeness (QED) is 0.581. The topological polar surface area (TPSA) is 92.7 Å². The zero-order valence-electron chi connectivity index (χ0n) is 15.2. The zero-order chi connectivity index (χ0) is 19.5. The number of nitrogens with one attached hydrogen (secondary N) is 2. The number of aromatic nitrogens is 4. The minimum absolute atomic E-state index is 0.101. The number of carbonyl (C=O) groups is 1. The first-order chi connectivity index (χ1) is 13.6. The van der Waals surface area contributed by atoms with Crippen molar-refractivity contribution in [3.63, 3.8) is 0 Å². The molecule has 0 spiro atoms. The lowest BCUT2D eigenvalue weighted by Crippen LogP contribution is -2.12. The highest BCUT2D eigenvalue weighted by Crippen LogP contribution is 2.31. The Kier molecular flexibility index (Phi) is 5.58. The van der Waals surface area contributed by atoms with Gasteiger partial charge in [0.15, 0.2) is 10.3 Å². The van der Waals surface area contributed by atoms with Gasteiger partial charge in [0.05, 0.1) is 0 Å². The maximum atomic E-state index is 11.8. The molecule has 0 atom stereocenters. The normalized spacial score (nSPS) is 13.3. The van der Waals surface area contributed by atoms with Crippen LogP contribution in [0.3, 0.4) is 0 Å².